The highest BCUT2D eigenvalue weighted by molar-refractivity contribution is 5.79. The summed E-state index contributed by atoms with van der Waals surface area (Å²) in [5.74, 6) is 0.345. The second kappa shape index (κ2) is 6.60. The van der Waals surface area contributed by atoms with Crippen molar-refractivity contribution in [2.75, 3.05) is 13.1 Å². The molecule has 1 heterocycles. The van der Waals surface area contributed by atoms with E-state index >= 15 is 0 Å². The molecule has 17 heavy (non-hydrogen) atoms. The molecule has 3 nitrogen and oxygen atoms in total. The Kier molecular flexibility index (Phi) is 5.42. The van der Waals surface area contributed by atoms with Crippen molar-refractivity contribution in [1.82, 2.24) is 4.90 Å². The van der Waals surface area contributed by atoms with Crippen LogP contribution in [-0.4, -0.2) is 35.1 Å². The standard InChI is InChI=1S/C14H23NO2/c1-4-6-12(7-5-2)14(17)15-9-8-11(3)13(16)10-15/h4-5,11-13,16H,1-2,6-10H2,3H3. The number of piperidine rings is 1. The number of carbonyl (C=O) groups excluding carboxylic acids is 1. The molecule has 0 radical (unpaired) electrons. The van der Waals surface area contributed by atoms with E-state index in [2.05, 4.69) is 13.2 Å². The summed E-state index contributed by atoms with van der Waals surface area (Å²) in [7, 11) is 0. The molecule has 3 heteroatoms. The first-order valence-corrected chi connectivity index (χ1v) is 6.28. The molecular formula is C14H23NO2. The second-order valence-electron chi connectivity index (χ2n) is 4.86. The molecule has 0 saturated carbocycles. The number of likely N-dealkylation sites (tertiary alicyclic amines) is 1. The van der Waals surface area contributed by atoms with Gasteiger partial charge in [0.25, 0.3) is 0 Å². The maximum absolute atomic E-state index is 12.2. The van der Waals surface area contributed by atoms with Gasteiger partial charge in [0.15, 0.2) is 0 Å². The number of nitrogens with zero attached hydrogens (tertiary/aromatic N) is 1. The summed E-state index contributed by atoms with van der Waals surface area (Å²) < 4.78 is 0. The molecule has 0 aromatic heterocycles. The van der Waals surface area contributed by atoms with Crippen LogP contribution in [0.25, 0.3) is 0 Å². The number of amides is 1. The largest absolute Gasteiger partial charge is 0.391 e. The van der Waals surface area contributed by atoms with E-state index in [4.69, 9.17) is 0 Å². The number of aliphatic hydroxyl groups excluding tert-OH is 1. The summed E-state index contributed by atoms with van der Waals surface area (Å²) in [6.07, 6.45) is 5.38. The first kappa shape index (κ1) is 14.0. The van der Waals surface area contributed by atoms with Gasteiger partial charge in [-0.25, -0.2) is 0 Å². The van der Waals surface area contributed by atoms with Crippen LogP contribution < -0.4 is 0 Å². The zero-order valence-corrected chi connectivity index (χ0v) is 10.6. The highest BCUT2D eigenvalue weighted by Gasteiger charge is 2.30. The van der Waals surface area contributed by atoms with Crippen LogP contribution in [0.2, 0.25) is 0 Å². The van der Waals surface area contributed by atoms with Gasteiger partial charge in [-0.1, -0.05) is 19.1 Å². The van der Waals surface area contributed by atoms with Crippen LogP contribution in [0.1, 0.15) is 26.2 Å². The van der Waals surface area contributed by atoms with Crippen molar-refractivity contribution in [2.45, 2.75) is 32.3 Å². The zero-order valence-electron chi connectivity index (χ0n) is 10.6. The third-order valence-corrected chi connectivity index (χ3v) is 3.48. The van der Waals surface area contributed by atoms with Gasteiger partial charge in [0.1, 0.15) is 0 Å². The molecule has 1 aliphatic rings. The average molecular weight is 237 g/mol. The predicted octanol–water partition coefficient (Wildman–Crippen LogP) is 1.98. The van der Waals surface area contributed by atoms with Crippen LogP contribution >= 0.6 is 0 Å². The number of carbonyl (C=O) groups is 1. The molecule has 0 aliphatic carbocycles. The Bertz CT molecular complexity index is 278. The quantitative estimate of drug-likeness (QED) is 0.743. The van der Waals surface area contributed by atoms with Gasteiger partial charge in [-0.3, -0.25) is 4.79 Å². The Labute approximate surface area is 104 Å². The van der Waals surface area contributed by atoms with Crippen LogP contribution in [0.15, 0.2) is 25.3 Å². The Morgan fingerprint density at radius 1 is 1.47 bits per heavy atom. The van der Waals surface area contributed by atoms with Crippen LogP contribution in [0, 0.1) is 11.8 Å². The molecule has 2 atom stereocenters. The van der Waals surface area contributed by atoms with E-state index in [0.29, 0.717) is 19.4 Å². The third kappa shape index (κ3) is 3.70. The van der Waals surface area contributed by atoms with E-state index in [-0.39, 0.29) is 23.8 Å². The molecule has 1 fully saturated rings. The summed E-state index contributed by atoms with van der Waals surface area (Å²) in [5.41, 5.74) is 0. The van der Waals surface area contributed by atoms with Crippen molar-refractivity contribution in [1.29, 1.82) is 0 Å². The Balaban J connectivity index is 2.60. The van der Waals surface area contributed by atoms with E-state index in [0.717, 1.165) is 13.0 Å². The third-order valence-electron chi connectivity index (χ3n) is 3.48. The van der Waals surface area contributed by atoms with Gasteiger partial charge in [0, 0.05) is 19.0 Å². The monoisotopic (exact) mass is 237 g/mol. The predicted molar refractivity (Wildman–Crippen MR) is 69.5 cm³/mol. The summed E-state index contributed by atoms with van der Waals surface area (Å²) in [5, 5.41) is 9.80. The van der Waals surface area contributed by atoms with Crippen LogP contribution in [0.4, 0.5) is 0 Å². The molecule has 0 spiro atoms. The Morgan fingerprint density at radius 3 is 2.53 bits per heavy atom. The molecular weight excluding hydrogens is 214 g/mol. The van der Waals surface area contributed by atoms with E-state index in [9.17, 15) is 9.90 Å². The van der Waals surface area contributed by atoms with Crippen LogP contribution in [0.5, 0.6) is 0 Å². The fraction of sp³-hybridized carbons (Fsp3) is 0.643. The second-order valence-corrected chi connectivity index (χ2v) is 4.86. The number of allylic oxidation sites excluding steroid dienone is 2. The molecule has 0 aromatic carbocycles. The summed E-state index contributed by atoms with van der Waals surface area (Å²) in [6.45, 7) is 10.6. The van der Waals surface area contributed by atoms with Crippen LogP contribution in [-0.2, 0) is 4.79 Å². The lowest BCUT2D eigenvalue weighted by atomic mass is 9.93. The summed E-state index contributed by atoms with van der Waals surface area (Å²) in [6, 6.07) is 0. The minimum atomic E-state index is -0.388. The molecule has 1 amide bonds. The van der Waals surface area contributed by atoms with Gasteiger partial charge in [-0.05, 0) is 25.2 Å². The fourth-order valence-corrected chi connectivity index (χ4v) is 2.21. The van der Waals surface area contributed by atoms with Crippen molar-refractivity contribution in [3.05, 3.63) is 25.3 Å². The lowest BCUT2D eigenvalue weighted by molar-refractivity contribution is -0.139. The number of hydrogen-bond donors (Lipinski definition) is 1. The van der Waals surface area contributed by atoms with Crippen molar-refractivity contribution < 1.29 is 9.90 Å². The number of aliphatic hydroxyl groups is 1. The number of β-amino-alcohol motifs (C(OH)–C–C–N with tert-alkyl or cyclic N) is 1. The lowest BCUT2D eigenvalue weighted by Crippen LogP contribution is -2.47. The van der Waals surface area contributed by atoms with E-state index in [1.807, 2.05) is 6.92 Å². The molecule has 1 aliphatic heterocycles. The Hall–Kier alpha value is -1.09. The topological polar surface area (TPSA) is 40.5 Å². The summed E-state index contributed by atoms with van der Waals surface area (Å²) >= 11 is 0. The van der Waals surface area contributed by atoms with Crippen LogP contribution in [0.3, 0.4) is 0 Å². The minimum absolute atomic E-state index is 0.0643. The molecule has 1 N–H and O–H groups in total. The molecule has 96 valence electrons. The maximum atomic E-state index is 12.2. The molecule has 1 rings (SSSR count). The van der Waals surface area contributed by atoms with Gasteiger partial charge in [-0.2, -0.15) is 0 Å². The highest BCUT2D eigenvalue weighted by atomic mass is 16.3. The van der Waals surface area contributed by atoms with Crippen molar-refractivity contribution >= 4 is 5.91 Å². The SMILES string of the molecule is C=CCC(CC=C)C(=O)N1CCC(C)C(O)C1. The average Bonchev–Trinajstić information content (AvgIpc) is 2.31. The first-order chi connectivity index (χ1) is 8.10. The molecule has 0 bridgehead atoms. The van der Waals surface area contributed by atoms with Crippen molar-refractivity contribution in [2.24, 2.45) is 11.8 Å². The zero-order chi connectivity index (χ0) is 12.8. The maximum Gasteiger partial charge on any atom is 0.226 e. The van der Waals surface area contributed by atoms with Crippen molar-refractivity contribution in [3.63, 3.8) is 0 Å². The first-order valence-electron chi connectivity index (χ1n) is 6.28. The smallest absolute Gasteiger partial charge is 0.226 e. The lowest BCUT2D eigenvalue weighted by Gasteiger charge is -2.36. The minimum Gasteiger partial charge on any atom is -0.391 e. The van der Waals surface area contributed by atoms with E-state index in [1.54, 1.807) is 17.1 Å². The highest BCUT2D eigenvalue weighted by Crippen LogP contribution is 2.21. The van der Waals surface area contributed by atoms with Crippen molar-refractivity contribution in [3.8, 4) is 0 Å². The van der Waals surface area contributed by atoms with Gasteiger partial charge < -0.3 is 10.0 Å². The normalized spacial score (nSPS) is 24.8. The number of hydrogen-bond acceptors (Lipinski definition) is 2. The van der Waals surface area contributed by atoms with Gasteiger partial charge in [-0.15, -0.1) is 13.2 Å². The Morgan fingerprint density at radius 2 is 2.06 bits per heavy atom. The van der Waals surface area contributed by atoms with E-state index in [1.165, 1.54) is 0 Å². The molecule has 2 unspecified atom stereocenters. The fourth-order valence-electron chi connectivity index (χ4n) is 2.21. The molecule has 0 aromatic rings. The molecule has 1 saturated heterocycles. The number of rotatable bonds is 5. The van der Waals surface area contributed by atoms with Gasteiger partial charge >= 0.3 is 0 Å². The summed E-state index contributed by atoms with van der Waals surface area (Å²) in [4.78, 5) is 14.0. The van der Waals surface area contributed by atoms with Gasteiger partial charge in [0.05, 0.1) is 6.10 Å². The van der Waals surface area contributed by atoms with Gasteiger partial charge in [0.2, 0.25) is 5.91 Å². The van der Waals surface area contributed by atoms with E-state index < -0.39 is 0 Å².